The van der Waals surface area contributed by atoms with Crippen molar-refractivity contribution in [3.8, 4) is 0 Å². The molecule has 0 radical (unpaired) electrons. The Bertz CT molecular complexity index is 1080. The van der Waals surface area contributed by atoms with Gasteiger partial charge in [-0.25, -0.2) is 9.80 Å². The van der Waals surface area contributed by atoms with Crippen molar-refractivity contribution in [3.63, 3.8) is 0 Å². The highest BCUT2D eigenvalue weighted by molar-refractivity contribution is 8.04. The van der Waals surface area contributed by atoms with Crippen LogP contribution in [0.5, 0.6) is 0 Å². The molecule has 0 bridgehead atoms. The molecule has 1 unspecified atom stereocenters. The quantitative estimate of drug-likeness (QED) is 0.493. The van der Waals surface area contributed by atoms with Gasteiger partial charge in [0.2, 0.25) is 5.91 Å². The van der Waals surface area contributed by atoms with Crippen molar-refractivity contribution in [2.45, 2.75) is 26.3 Å². The molecule has 3 heterocycles. The summed E-state index contributed by atoms with van der Waals surface area (Å²) in [6.45, 7) is 3.72. The lowest BCUT2D eigenvalue weighted by Gasteiger charge is -2.23. The predicted octanol–water partition coefficient (Wildman–Crippen LogP) is 3.25. The minimum absolute atomic E-state index is 0.165. The van der Waals surface area contributed by atoms with Gasteiger partial charge in [0.05, 0.1) is 35.4 Å². The molecule has 4 rings (SSSR count). The topological polar surface area (TPSA) is 92.4 Å². The van der Waals surface area contributed by atoms with Crippen LogP contribution >= 0.6 is 11.8 Å². The van der Waals surface area contributed by atoms with Gasteiger partial charge in [-0.3, -0.25) is 14.5 Å². The number of furan rings is 1. The number of nitrogens with zero attached hydrogens (tertiary/aromatic N) is 3. The predicted molar refractivity (Wildman–Crippen MR) is 120 cm³/mol. The summed E-state index contributed by atoms with van der Waals surface area (Å²) in [5.74, 6) is -0.363. The molecule has 1 saturated heterocycles. The van der Waals surface area contributed by atoms with Crippen molar-refractivity contribution in [2.75, 3.05) is 18.9 Å². The molecule has 1 atom stereocenters. The highest BCUT2D eigenvalue weighted by Crippen LogP contribution is 2.34. The van der Waals surface area contributed by atoms with E-state index >= 15 is 0 Å². The summed E-state index contributed by atoms with van der Waals surface area (Å²) < 4.78 is 10.5. The highest BCUT2D eigenvalue weighted by atomic mass is 32.2. The van der Waals surface area contributed by atoms with Crippen LogP contribution < -0.4 is 0 Å². The summed E-state index contributed by atoms with van der Waals surface area (Å²) >= 11 is 1.21. The Labute approximate surface area is 189 Å². The Morgan fingerprint density at radius 1 is 1.28 bits per heavy atom. The van der Waals surface area contributed by atoms with Gasteiger partial charge in [-0.05, 0) is 31.5 Å². The number of hydrogen-bond acceptors (Lipinski definition) is 7. The first-order valence-electron chi connectivity index (χ1n) is 10.3. The maximum absolute atomic E-state index is 13.3. The van der Waals surface area contributed by atoms with E-state index < -0.39 is 12.0 Å². The molecule has 166 valence electrons. The van der Waals surface area contributed by atoms with E-state index in [0.717, 1.165) is 16.8 Å². The number of thioether (sulfide) groups is 1. The van der Waals surface area contributed by atoms with Crippen molar-refractivity contribution in [3.05, 3.63) is 70.7 Å². The fraction of sp³-hybridized carbons (Fsp3) is 0.304. The largest absolute Gasteiger partial charge is 0.467 e. The Kier molecular flexibility index (Phi) is 6.45. The number of amides is 2. The molecule has 1 aromatic heterocycles. The minimum atomic E-state index is -0.545. The van der Waals surface area contributed by atoms with Gasteiger partial charge >= 0.3 is 5.97 Å². The van der Waals surface area contributed by atoms with Crippen molar-refractivity contribution >= 4 is 35.3 Å². The average Bonchev–Trinajstić information content (AvgIpc) is 3.51. The first kappa shape index (κ1) is 21.9. The molecule has 1 fully saturated rings. The monoisotopic (exact) mass is 453 g/mol. The molecule has 0 N–H and O–H groups in total. The lowest BCUT2D eigenvalue weighted by molar-refractivity contribution is -0.139. The fourth-order valence-electron chi connectivity index (χ4n) is 3.56. The van der Waals surface area contributed by atoms with E-state index in [1.807, 2.05) is 37.3 Å². The maximum atomic E-state index is 13.3. The molecule has 9 heteroatoms. The highest BCUT2D eigenvalue weighted by Gasteiger charge is 2.37. The maximum Gasteiger partial charge on any atom is 0.333 e. The fourth-order valence-corrected chi connectivity index (χ4v) is 4.48. The van der Waals surface area contributed by atoms with Crippen LogP contribution in [-0.4, -0.2) is 52.3 Å². The molecule has 2 aliphatic heterocycles. The molecule has 2 aliphatic rings. The van der Waals surface area contributed by atoms with Gasteiger partial charge in [0.25, 0.3) is 5.91 Å². The zero-order valence-corrected chi connectivity index (χ0v) is 18.6. The molecule has 2 amide bonds. The number of aryl methyl sites for hydroxylation is 1. The van der Waals surface area contributed by atoms with Gasteiger partial charge < -0.3 is 9.15 Å². The molecular weight excluding hydrogens is 430 g/mol. The van der Waals surface area contributed by atoms with Gasteiger partial charge in [0, 0.05) is 6.42 Å². The second-order valence-electron chi connectivity index (χ2n) is 7.39. The van der Waals surface area contributed by atoms with E-state index in [-0.39, 0.29) is 30.7 Å². The Morgan fingerprint density at radius 3 is 2.75 bits per heavy atom. The first-order valence-corrected chi connectivity index (χ1v) is 11.3. The van der Waals surface area contributed by atoms with Gasteiger partial charge in [-0.15, -0.1) is 0 Å². The number of rotatable bonds is 6. The summed E-state index contributed by atoms with van der Waals surface area (Å²) in [7, 11) is 0. The minimum Gasteiger partial charge on any atom is -0.467 e. The molecule has 0 saturated carbocycles. The number of benzene rings is 1. The summed E-state index contributed by atoms with van der Waals surface area (Å²) in [5.41, 5.74) is 2.83. The second-order valence-corrected chi connectivity index (χ2v) is 8.39. The molecule has 0 spiro atoms. The number of ether oxygens (including phenoxy) is 1. The summed E-state index contributed by atoms with van der Waals surface area (Å²) in [5, 5.41) is 6.37. The van der Waals surface area contributed by atoms with E-state index in [1.54, 1.807) is 19.3 Å². The standard InChI is InChI=1S/C23H23N3O5S/c1-3-30-23(29)12-22-25(21(28)14-32-22)13-20(27)26-18(19-5-4-10-31-19)11-17(24-26)16-8-6-15(2)7-9-16/h4-10,12,18H,3,11,13-14H2,1-2H3. The number of carbonyl (C=O) groups is 3. The molecule has 2 aromatic rings. The van der Waals surface area contributed by atoms with E-state index in [1.165, 1.54) is 27.7 Å². The van der Waals surface area contributed by atoms with E-state index in [0.29, 0.717) is 17.2 Å². The van der Waals surface area contributed by atoms with Gasteiger partial charge in [-0.1, -0.05) is 41.6 Å². The Morgan fingerprint density at radius 2 is 2.06 bits per heavy atom. The molecule has 8 nitrogen and oxygen atoms in total. The lowest BCUT2D eigenvalue weighted by atomic mass is 10.0. The summed E-state index contributed by atoms with van der Waals surface area (Å²) in [6.07, 6.45) is 3.31. The van der Waals surface area contributed by atoms with Crippen LogP contribution in [-0.2, 0) is 19.1 Å². The summed E-state index contributed by atoms with van der Waals surface area (Å²) in [6, 6.07) is 11.1. The van der Waals surface area contributed by atoms with Crippen LogP contribution in [0, 0.1) is 6.92 Å². The van der Waals surface area contributed by atoms with Crippen molar-refractivity contribution in [1.29, 1.82) is 0 Å². The zero-order chi connectivity index (χ0) is 22.7. The molecule has 0 aliphatic carbocycles. The number of esters is 1. The number of hydrogen-bond donors (Lipinski definition) is 0. The van der Waals surface area contributed by atoms with E-state index in [9.17, 15) is 14.4 Å². The molecular formula is C23H23N3O5S. The zero-order valence-electron chi connectivity index (χ0n) is 17.8. The smallest absolute Gasteiger partial charge is 0.333 e. The van der Waals surface area contributed by atoms with Crippen molar-refractivity contribution < 1.29 is 23.5 Å². The van der Waals surface area contributed by atoms with E-state index in [4.69, 9.17) is 9.15 Å². The van der Waals surface area contributed by atoms with Gasteiger partial charge in [0.1, 0.15) is 18.3 Å². The van der Waals surface area contributed by atoms with Crippen molar-refractivity contribution in [1.82, 2.24) is 9.91 Å². The van der Waals surface area contributed by atoms with Crippen LogP contribution in [0.4, 0.5) is 0 Å². The number of carbonyl (C=O) groups excluding carboxylic acids is 3. The molecule has 1 aromatic carbocycles. The average molecular weight is 454 g/mol. The van der Waals surface area contributed by atoms with Crippen molar-refractivity contribution in [2.24, 2.45) is 5.10 Å². The van der Waals surface area contributed by atoms with Crippen LogP contribution in [0.3, 0.4) is 0 Å². The van der Waals surface area contributed by atoms with Crippen LogP contribution in [0.2, 0.25) is 0 Å². The van der Waals surface area contributed by atoms with Crippen LogP contribution in [0.1, 0.15) is 36.3 Å². The van der Waals surface area contributed by atoms with Gasteiger partial charge in [0.15, 0.2) is 0 Å². The van der Waals surface area contributed by atoms with Crippen LogP contribution in [0.15, 0.2) is 63.3 Å². The van der Waals surface area contributed by atoms with Crippen LogP contribution in [0.25, 0.3) is 0 Å². The lowest BCUT2D eigenvalue weighted by Crippen LogP contribution is -2.38. The third-order valence-corrected chi connectivity index (χ3v) is 6.18. The summed E-state index contributed by atoms with van der Waals surface area (Å²) in [4.78, 5) is 38.8. The molecule has 32 heavy (non-hydrogen) atoms. The first-order chi connectivity index (χ1) is 15.5. The SMILES string of the molecule is CCOC(=O)C=C1SCC(=O)N1CC(=O)N1N=C(c2ccc(C)cc2)CC1c1ccco1. The second kappa shape index (κ2) is 9.44. The normalized spacial score (nSPS) is 19.6. The van der Waals surface area contributed by atoms with Gasteiger partial charge in [-0.2, -0.15) is 5.10 Å². The third kappa shape index (κ3) is 4.62. The van der Waals surface area contributed by atoms with E-state index in [2.05, 4.69) is 5.10 Å². The Balaban J connectivity index is 1.58. The number of hydrazone groups is 1. The Hall–Kier alpha value is -3.33. The third-order valence-electron chi connectivity index (χ3n) is 5.15.